The van der Waals surface area contributed by atoms with Gasteiger partial charge in [0.25, 0.3) is 0 Å². The van der Waals surface area contributed by atoms with Crippen molar-refractivity contribution >= 4 is 29.3 Å². The maximum absolute atomic E-state index is 11.8. The molecule has 0 fully saturated rings. The minimum absolute atomic E-state index is 0.218. The van der Waals surface area contributed by atoms with Crippen molar-refractivity contribution in [3.8, 4) is 5.75 Å². The normalized spacial score (nSPS) is 10.5. The first-order chi connectivity index (χ1) is 9.69. The number of ether oxygens (including phenoxy) is 1. The van der Waals surface area contributed by atoms with E-state index in [1.807, 2.05) is 24.3 Å². The molecule has 0 heterocycles. The van der Waals surface area contributed by atoms with Gasteiger partial charge in [-0.25, -0.2) is 0 Å². The molecule has 2 rings (SSSR count). The number of methoxy groups -OCH3 is 1. The third-order valence-corrected chi connectivity index (χ3v) is 2.91. The summed E-state index contributed by atoms with van der Waals surface area (Å²) >= 11 is 5.80. The van der Waals surface area contributed by atoms with Crippen molar-refractivity contribution in [1.29, 1.82) is 0 Å². The molecule has 1 N–H and O–H groups in total. The monoisotopic (exact) mass is 287 g/mol. The highest BCUT2D eigenvalue weighted by atomic mass is 35.5. The van der Waals surface area contributed by atoms with Gasteiger partial charge in [0.2, 0.25) is 5.91 Å². The van der Waals surface area contributed by atoms with Gasteiger partial charge in [-0.15, -0.1) is 0 Å². The van der Waals surface area contributed by atoms with Gasteiger partial charge in [-0.3, -0.25) is 4.79 Å². The molecule has 0 aliphatic heterocycles. The Morgan fingerprint density at radius 2 is 1.85 bits per heavy atom. The third-order valence-electron chi connectivity index (χ3n) is 2.66. The Morgan fingerprint density at radius 3 is 2.55 bits per heavy atom. The molecule has 0 atom stereocenters. The van der Waals surface area contributed by atoms with Gasteiger partial charge in [-0.1, -0.05) is 35.9 Å². The average Bonchev–Trinajstić information content (AvgIpc) is 2.47. The van der Waals surface area contributed by atoms with Crippen molar-refractivity contribution in [2.75, 3.05) is 12.4 Å². The Hall–Kier alpha value is -2.26. The molecule has 0 aromatic heterocycles. The highest BCUT2D eigenvalue weighted by molar-refractivity contribution is 6.30. The Labute approximate surface area is 122 Å². The number of para-hydroxylation sites is 2. The molecule has 3 nitrogen and oxygen atoms in total. The van der Waals surface area contributed by atoms with Crippen LogP contribution in [0.2, 0.25) is 5.02 Å². The lowest BCUT2D eigenvalue weighted by atomic mass is 10.2. The van der Waals surface area contributed by atoms with Crippen LogP contribution in [0.3, 0.4) is 0 Å². The van der Waals surface area contributed by atoms with Gasteiger partial charge in [0.1, 0.15) is 5.75 Å². The van der Waals surface area contributed by atoms with Crippen LogP contribution < -0.4 is 10.1 Å². The van der Waals surface area contributed by atoms with Crippen molar-refractivity contribution in [2.24, 2.45) is 0 Å². The molecule has 0 bridgehead atoms. The molecule has 0 radical (unpaired) electrons. The van der Waals surface area contributed by atoms with Crippen LogP contribution in [0.15, 0.2) is 54.6 Å². The zero-order valence-electron chi connectivity index (χ0n) is 11.0. The number of hydrogen-bond donors (Lipinski definition) is 1. The van der Waals surface area contributed by atoms with E-state index < -0.39 is 0 Å². The first-order valence-corrected chi connectivity index (χ1v) is 6.44. The fourth-order valence-corrected chi connectivity index (χ4v) is 1.79. The van der Waals surface area contributed by atoms with E-state index in [2.05, 4.69) is 5.32 Å². The molecule has 20 heavy (non-hydrogen) atoms. The number of halogens is 1. The molecule has 2 aromatic carbocycles. The minimum atomic E-state index is -0.218. The minimum Gasteiger partial charge on any atom is -0.495 e. The molecule has 102 valence electrons. The van der Waals surface area contributed by atoms with E-state index in [1.165, 1.54) is 6.08 Å². The smallest absolute Gasteiger partial charge is 0.248 e. The Bertz CT molecular complexity index is 621. The summed E-state index contributed by atoms with van der Waals surface area (Å²) in [6, 6.07) is 14.5. The summed E-state index contributed by atoms with van der Waals surface area (Å²) in [5.74, 6) is 0.408. The van der Waals surface area contributed by atoms with E-state index >= 15 is 0 Å². The van der Waals surface area contributed by atoms with Crippen LogP contribution in [0.25, 0.3) is 6.08 Å². The SMILES string of the molecule is COc1ccccc1NC(=O)/C=C/c1ccc(Cl)cc1. The van der Waals surface area contributed by atoms with Crippen LogP contribution in [-0.2, 0) is 4.79 Å². The topological polar surface area (TPSA) is 38.3 Å². The maximum Gasteiger partial charge on any atom is 0.248 e. The fourth-order valence-electron chi connectivity index (χ4n) is 1.67. The van der Waals surface area contributed by atoms with Crippen molar-refractivity contribution in [2.45, 2.75) is 0 Å². The molecule has 4 heteroatoms. The summed E-state index contributed by atoms with van der Waals surface area (Å²) in [6.45, 7) is 0. The first-order valence-electron chi connectivity index (χ1n) is 6.06. The van der Waals surface area contributed by atoms with Crippen LogP contribution in [-0.4, -0.2) is 13.0 Å². The van der Waals surface area contributed by atoms with Crippen LogP contribution in [0.1, 0.15) is 5.56 Å². The quantitative estimate of drug-likeness (QED) is 0.863. The predicted octanol–water partition coefficient (Wildman–Crippen LogP) is 4.00. The van der Waals surface area contributed by atoms with Crippen molar-refractivity contribution in [3.63, 3.8) is 0 Å². The average molecular weight is 288 g/mol. The summed E-state index contributed by atoms with van der Waals surface area (Å²) < 4.78 is 5.17. The first kappa shape index (κ1) is 14.2. The molecule has 0 aliphatic rings. The van der Waals surface area contributed by atoms with E-state index in [9.17, 15) is 4.79 Å². The standard InChI is InChI=1S/C16H14ClNO2/c1-20-15-5-3-2-4-14(15)18-16(19)11-8-12-6-9-13(17)10-7-12/h2-11H,1H3,(H,18,19)/b11-8+. The number of carbonyl (C=O) groups is 1. The maximum atomic E-state index is 11.8. The Morgan fingerprint density at radius 1 is 1.15 bits per heavy atom. The predicted molar refractivity (Wildman–Crippen MR) is 82.1 cm³/mol. The second kappa shape index (κ2) is 6.78. The highest BCUT2D eigenvalue weighted by Crippen LogP contribution is 2.22. The number of carbonyl (C=O) groups excluding carboxylic acids is 1. The Kier molecular flexibility index (Phi) is 4.80. The number of amides is 1. The number of nitrogens with one attached hydrogen (secondary N) is 1. The lowest BCUT2D eigenvalue weighted by molar-refractivity contribution is -0.111. The van der Waals surface area contributed by atoms with Gasteiger partial charge in [0.05, 0.1) is 12.8 Å². The van der Waals surface area contributed by atoms with E-state index in [4.69, 9.17) is 16.3 Å². The van der Waals surface area contributed by atoms with Gasteiger partial charge >= 0.3 is 0 Å². The second-order valence-electron chi connectivity index (χ2n) is 4.07. The van der Waals surface area contributed by atoms with Crippen molar-refractivity contribution in [1.82, 2.24) is 0 Å². The largest absolute Gasteiger partial charge is 0.495 e. The number of benzene rings is 2. The molecule has 0 saturated carbocycles. The van der Waals surface area contributed by atoms with Gasteiger partial charge in [-0.05, 0) is 35.9 Å². The van der Waals surface area contributed by atoms with Crippen LogP contribution in [0.5, 0.6) is 5.75 Å². The van der Waals surface area contributed by atoms with Crippen LogP contribution in [0.4, 0.5) is 5.69 Å². The zero-order valence-corrected chi connectivity index (χ0v) is 11.7. The molecule has 1 amide bonds. The fraction of sp³-hybridized carbons (Fsp3) is 0.0625. The summed E-state index contributed by atoms with van der Waals surface area (Å²) in [5, 5.41) is 3.43. The molecular weight excluding hydrogens is 274 g/mol. The molecular formula is C16H14ClNO2. The molecule has 0 unspecified atom stereocenters. The lowest BCUT2D eigenvalue weighted by Gasteiger charge is -2.07. The van der Waals surface area contributed by atoms with E-state index in [0.717, 1.165) is 5.56 Å². The number of hydrogen-bond acceptors (Lipinski definition) is 2. The summed E-state index contributed by atoms with van der Waals surface area (Å²) in [6.07, 6.45) is 3.19. The van der Waals surface area contributed by atoms with Gasteiger partial charge in [0.15, 0.2) is 0 Å². The summed E-state index contributed by atoms with van der Waals surface area (Å²) in [4.78, 5) is 11.8. The molecule has 0 spiro atoms. The van der Waals surface area contributed by atoms with Crippen LogP contribution in [0, 0.1) is 0 Å². The third kappa shape index (κ3) is 3.87. The van der Waals surface area contributed by atoms with E-state index in [0.29, 0.717) is 16.5 Å². The molecule has 0 aliphatic carbocycles. The molecule has 2 aromatic rings. The van der Waals surface area contributed by atoms with Gasteiger partial charge in [-0.2, -0.15) is 0 Å². The van der Waals surface area contributed by atoms with E-state index in [1.54, 1.807) is 37.5 Å². The van der Waals surface area contributed by atoms with Gasteiger partial charge in [0, 0.05) is 11.1 Å². The zero-order chi connectivity index (χ0) is 14.4. The number of anilines is 1. The summed E-state index contributed by atoms with van der Waals surface area (Å²) in [5.41, 5.74) is 1.55. The van der Waals surface area contributed by atoms with E-state index in [-0.39, 0.29) is 5.91 Å². The summed E-state index contributed by atoms with van der Waals surface area (Å²) in [7, 11) is 1.56. The highest BCUT2D eigenvalue weighted by Gasteiger charge is 2.03. The Balaban J connectivity index is 2.03. The molecule has 0 saturated heterocycles. The van der Waals surface area contributed by atoms with Crippen LogP contribution >= 0.6 is 11.6 Å². The second-order valence-corrected chi connectivity index (χ2v) is 4.51. The van der Waals surface area contributed by atoms with Crippen molar-refractivity contribution in [3.05, 3.63) is 65.2 Å². The van der Waals surface area contributed by atoms with Gasteiger partial charge < -0.3 is 10.1 Å². The lowest BCUT2D eigenvalue weighted by Crippen LogP contribution is -2.08. The number of rotatable bonds is 4. The van der Waals surface area contributed by atoms with Crippen molar-refractivity contribution < 1.29 is 9.53 Å².